The highest BCUT2D eigenvalue weighted by molar-refractivity contribution is 6.18. The summed E-state index contributed by atoms with van der Waals surface area (Å²) in [6.45, 7) is 5.37. The van der Waals surface area contributed by atoms with Gasteiger partial charge in [-0.25, -0.2) is 4.39 Å². The standard InChI is InChI=1S/C8H16ClFN2/c9-1-3-11-5-7-12(4-2-10)8-6-11/h1-8H2. The molecule has 0 radical (unpaired) electrons. The molecular weight excluding hydrogens is 179 g/mol. The average molecular weight is 195 g/mol. The minimum atomic E-state index is -0.227. The SMILES string of the molecule is FCCN1CCN(CCCl)CC1. The molecule has 0 aliphatic carbocycles. The Balaban J connectivity index is 2.11. The van der Waals surface area contributed by atoms with Crippen LogP contribution in [0.1, 0.15) is 0 Å². The Hall–Kier alpha value is 0.140. The van der Waals surface area contributed by atoms with Crippen molar-refractivity contribution in [1.29, 1.82) is 0 Å². The van der Waals surface area contributed by atoms with Crippen LogP contribution in [0.5, 0.6) is 0 Å². The van der Waals surface area contributed by atoms with Gasteiger partial charge in [-0.2, -0.15) is 0 Å². The predicted octanol–water partition coefficient (Wildman–Crippen LogP) is 0.812. The third kappa shape index (κ3) is 3.25. The summed E-state index contributed by atoms with van der Waals surface area (Å²) in [7, 11) is 0. The molecule has 72 valence electrons. The molecule has 0 bridgehead atoms. The zero-order chi connectivity index (χ0) is 8.81. The van der Waals surface area contributed by atoms with E-state index in [9.17, 15) is 4.39 Å². The first kappa shape index (κ1) is 10.2. The molecule has 0 amide bonds. The predicted molar refractivity (Wildman–Crippen MR) is 49.6 cm³/mol. The van der Waals surface area contributed by atoms with E-state index in [1.165, 1.54) is 0 Å². The number of nitrogens with zero attached hydrogens (tertiary/aromatic N) is 2. The average Bonchev–Trinajstić information content (AvgIpc) is 2.09. The third-order valence-electron chi connectivity index (χ3n) is 2.27. The van der Waals surface area contributed by atoms with Crippen molar-refractivity contribution in [2.24, 2.45) is 0 Å². The number of alkyl halides is 2. The van der Waals surface area contributed by atoms with E-state index in [-0.39, 0.29) is 6.67 Å². The first-order valence-corrected chi connectivity index (χ1v) is 4.97. The van der Waals surface area contributed by atoms with Crippen molar-refractivity contribution < 1.29 is 4.39 Å². The fourth-order valence-corrected chi connectivity index (χ4v) is 1.71. The fourth-order valence-electron chi connectivity index (χ4n) is 1.48. The van der Waals surface area contributed by atoms with Crippen LogP contribution < -0.4 is 0 Å². The van der Waals surface area contributed by atoms with Crippen LogP contribution >= 0.6 is 11.6 Å². The molecule has 1 aliphatic rings. The van der Waals surface area contributed by atoms with Crippen LogP contribution in [0.2, 0.25) is 0 Å². The van der Waals surface area contributed by atoms with E-state index in [2.05, 4.69) is 9.80 Å². The van der Waals surface area contributed by atoms with Gasteiger partial charge in [-0.05, 0) is 0 Å². The lowest BCUT2D eigenvalue weighted by Crippen LogP contribution is -2.47. The molecule has 0 saturated carbocycles. The molecule has 0 spiro atoms. The van der Waals surface area contributed by atoms with E-state index in [0.717, 1.165) is 32.7 Å². The van der Waals surface area contributed by atoms with Crippen LogP contribution in [0, 0.1) is 0 Å². The molecule has 1 aliphatic heterocycles. The van der Waals surface area contributed by atoms with E-state index < -0.39 is 0 Å². The molecular formula is C8H16ClFN2. The summed E-state index contributed by atoms with van der Waals surface area (Å²) < 4.78 is 11.9. The van der Waals surface area contributed by atoms with Gasteiger partial charge in [0.05, 0.1) is 0 Å². The first-order chi connectivity index (χ1) is 5.86. The van der Waals surface area contributed by atoms with E-state index >= 15 is 0 Å². The highest BCUT2D eigenvalue weighted by Crippen LogP contribution is 2.01. The summed E-state index contributed by atoms with van der Waals surface area (Å²) >= 11 is 5.62. The van der Waals surface area contributed by atoms with Gasteiger partial charge in [0.25, 0.3) is 0 Å². The van der Waals surface area contributed by atoms with Crippen LogP contribution in [0.15, 0.2) is 0 Å². The Bertz CT molecular complexity index is 102. The Morgan fingerprint density at radius 2 is 1.50 bits per heavy atom. The summed E-state index contributed by atoms with van der Waals surface area (Å²) in [5, 5.41) is 0. The lowest BCUT2D eigenvalue weighted by atomic mass is 10.3. The number of hydrogen-bond donors (Lipinski definition) is 0. The molecule has 1 rings (SSSR count). The first-order valence-electron chi connectivity index (χ1n) is 4.43. The number of piperazine rings is 1. The van der Waals surface area contributed by atoms with Gasteiger partial charge in [0.2, 0.25) is 0 Å². The van der Waals surface area contributed by atoms with E-state index in [0.29, 0.717) is 12.4 Å². The highest BCUT2D eigenvalue weighted by Gasteiger charge is 2.15. The smallest absolute Gasteiger partial charge is 0.102 e. The quantitative estimate of drug-likeness (QED) is 0.612. The van der Waals surface area contributed by atoms with Crippen molar-refractivity contribution in [2.75, 3.05) is 51.8 Å². The van der Waals surface area contributed by atoms with Gasteiger partial charge < -0.3 is 0 Å². The maximum absolute atomic E-state index is 11.9. The topological polar surface area (TPSA) is 6.48 Å². The van der Waals surface area contributed by atoms with Crippen molar-refractivity contribution in [3.05, 3.63) is 0 Å². The molecule has 0 aromatic rings. The van der Waals surface area contributed by atoms with Gasteiger partial charge in [0, 0.05) is 45.1 Å². The minimum absolute atomic E-state index is 0.227. The van der Waals surface area contributed by atoms with Gasteiger partial charge >= 0.3 is 0 Å². The lowest BCUT2D eigenvalue weighted by Gasteiger charge is -2.33. The Labute approximate surface area is 78.3 Å². The van der Waals surface area contributed by atoms with Gasteiger partial charge in [-0.15, -0.1) is 11.6 Å². The van der Waals surface area contributed by atoms with Gasteiger partial charge in [0.1, 0.15) is 6.67 Å². The molecule has 1 fully saturated rings. The van der Waals surface area contributed by atoms with Crippen molar-refractivity contribution in [3.63, 3.8) is 0 Å². The van der Waals surface area contributed by atoms with E-state index in [1.807, 2.05) is 0 Å². The van der Waals surface area contributed by atoms with E-state index in [1.54, 1.807) is 0 Å². The van der Waals surface area contributed by atoms with Crippen molar-refractivity contribution in [2.45, 2.75) is 0 Å². The Morgan fingerprint density at radius 1 is 1.00 bits per heavy atom. The maximum atomic E-state index is 11.9. The van der Waals surface area contributed by atoms with Crippen LogP contribution in [-0.2, 0) is 0 Å². The zero-order valence-corrected chi connectivity index (χ0v) is 8.06. The molecule has 1 heterocycles. The van der Waals surface area contributed by atoms with Gasteiger partial charge in [0.15, 0.2) is 0 Å². The monoisotopic (exact) mass is 194 g/mol. The molecule has 2 nitrogen and oxygen atoms in total. The summed E-state index contributed by atoms with van der Waals surface area (Å²) in [6.07, 6.45) is 0. The molecule has 0 aromatic heterocycles. The van der Waals surface area contributed by atoms with Crippen LogP contribution in [0.4, 0.5) is 4.39 Å². The van der Waals surface area contributed by atoms with E-state index in [4.69, 9.17) is 11.6 Å². The molecule has 12 heavy (non-hydrogen) atoms. The van der Waals surface area contributed by atoms with Crippen LogP contribution in [0.25, 0.3) is 0 Å². The highest BCUT2D eigenvalue weighted by atomic mass is 35.5. The molecule has 0 unspecified atom stereocenters. The summed E-state index contributed by atoms with van der Waals surface area (Å²) in [5.41, 5.74) is 0. The van der Waals surface area contributed by atoms with Gasteiger partial charge in [-0.1, -0.05) is 0 Å². The summed E-state index contributed by atoms with van der Waals surface area (Å²) in [4.78, 5) is 4.48. The fraction of sp³-hybridized carbons (Fsp3) is 1.00. The number of hydrogen-bond acceptors (Lipinski definition) is 2. The maximum Gasteiger partial charge on any atom is 0.102 e. The molecule has 0 aromatic carbocycles. The summed E-state index contributed by atoms with van der Waals surface area (Å²) in [5.74, 6) is 0.698. The van der Waals surface area contributed by atoms with Crippen LogP contribution in [-0.4, -0.2) is 61.6 Å². The normalized spacial score (nSPS) is 21.5. The minimum Gasteiger partial charge on any atom is -0.300 e. The lowest BCUT2D eigenvalue weighted by molar-refractivity contribution is 0.131. The third-order valence-corrected chi connectivity index (χ3v) is 2.44. The Morgan fingerprint density at radius 3 is 1.92 bits per heavy atom. The molecule has 4 heteroatoms. The largest absolute Gasteiger partial charge is 0.300 e. The zero-order valence-electron chi connectivity index (χ0n) is 7.31. The molecule has 0 N–H and O–H groups in total. The number of rotatable bonds is 4. The Kier molecular flexibility index (Phi) is 4.88. The van der Waals surface area contributed by atoms with Crippen LogP contribution in [0.3, 0.4) is 0 Å². The summed E-state index contributed by atoms with van der Waals surface area (Å²) in [6, 6.07) is 0. The van der Waals surface area contributed by atoms with Crippen molar-refractivity contribution in [3.8, 4) is 0 Å². The number of halogens is 2. The van der Waals surface area contributed by atoms with Gasteiger partial charge in [-0.3, -0.25) is 9.80 Å². The molecule has 0 atom stereocenters. The van der Waals surface area contributed by atoms with Crippen molar-refractivity contribution >= 4 is 11.6 Å². The van der Waals surface area contributed by atoms with Crippen molar-refractivity contribution in [1.82, 2.24) is 9.80 Å². The second-order valence-corrected chi connectivity index (χ2v) is 3.44. The second kappa shape index (κ2) is 5.73. The second-order valence-electron chi connectivity index (χ2n) is 3.06. The molecule has 1 saturated heterocycles.